The van der Waals surface area contributed by atoms with E-state index < -0.39 is 5.97 Å². The molecule has 94 valence electrons. The summed E-state index contributed by atoms with van der Waals surface area (Å²) in [6, 6.07) is 5.01. The molecule has 0 amide bonds. The van der Waals surface area contributed by atoms with Crippen molar-refractivity contribution in [3.05, 3.63) is 29.7 Å². The molecule has 2 aromatic heterocycles. The topological polar surface area (TPSA) is 79.5 Å². The summed E-state index contributed by atoms with van der Waals surface area (Å²) < 4.78 is 1.42. The summed E-state index contributed by atoms with van der Waals surface area (Å²) in [5.41, 5.74) is 0.753. The second-order valence-corrected chi connectivity index (χ2v) is 4.48. The van der Waals surface area contributed by atoms with E-state index in [0.29, 0.717) is 11.6 Å². The molecule has 18 heavy (non-hydrogen) atoms. The van der Waals surface area contributed by atoms with Gasteiger partial charge in [0, 0.05) is 5.92 Å². The zero-order chi connectivity index (χ0) is 12.5. The SMILES string of the molecule is O=C(O)c1cccc2nc(C3CCNCC3)nn12. The first-order valence-electron chi connectivity index (χ1n) is 6.05. The number of piperidine rings is 1. The van der Waals surface area contributed by atoms with E-state index >= 15 is 0 Å². The van der Waals surface area contributed by atoms with Crippen LogP contribution in [0.25, 0.3) is 5.65 Å². The maximum absolute atomic E-state index is 11.1. The molecule has 0 aromatic carbocycles. The number of carbonyl (C=O) groups is 1. The average Bonchev–Trinajstić information content (AvgIpc) is 2.83. The molecule has 0 unspecified atom stereocenters. The Hall–Kier alpha value is -1.95. The molecular formula is C12H14N4O2. The number of hydrogen-bond donors (Lipinski definition) is 2. The van der Waals surface area contributed by atoms with Crippen molar-refractivity contribution in [3.63, 3.8) is 0 Å². The number of carboxylic acids is 1. The van der Waals surface area contributed by atoms with Crippen LogP contribution in [0.5, 0.6) is 0 Å². The summed E-state index contributed by atoms with van der Waals surface area (Å²) in [5.74, 6) is 0.0976. The Balaban J connectivity index is 2.04. The zero-order valence-electron chi connectivity index (χ0n) is 9.83. The Morgan fingerprint density at radius 2 is 2.17 bits per heavy atom. The average molecular weight is 246 g/mol. The maximum Gasteiger partial charge on any atom is 0.354 e. The third-order valence-corrected chi connectivity index (χ3v) is 3.30. The van der Waals surface area contributed by atoms with Crippen LogP contribution in [0.1, 0.15) is 35.1 Å². The van der Waals surface area contributed by atoms with Gasteiger partial charge in [0.25, 0.3) is 0 Å². The molecule has 2 aromatic rings. The van der Waals surface area contributed by atoms with Crippen LogP contribution in [0.3, 0.4) is 0 Å². The van der Waals surface area contributed by atoms with Crippen LogP contribution in [-0.4, -0.2) is 38.8 Å². The first-order chi connectivity index (χ1) is 8.75. The predicted molar refractivity (Wildman–Crippen MR) is 64.8 cm³/mol. The van der Waals surface area contributed by atoms with E-state index in [1.165, 1.54) is 10.6 Å². The fourth-order valence-corrected chi connectivity index (χ4v) is 2.34. The van der Waals surface area contributed by atoms with Crippen molar-refractivity contribution >= 4 is 11.6 Å². The van der Waals surface area contributed by atoms with Crippen LogP contribution >= 0.6 is 0 Å². The predicted octanol–water partition coefficient (Wildman–Crippen LogP) is 0.894. The summed E-state index contributed by atoms with van der Waals surface area (Å²) in [6.07, 6.45) is 2.00. The number of fused-ring (bicyclic) bond motifs is 1. The van der Waals surface area contributed by atoms with Crippen LogP contribution < -0.4 is 5.32 Å². The van der Waals surface area contributed by atoms with Crippen molar-refractivity contribution in [2.45, 2.75) is 18.8 Å². The van der Waals surface area contributed by atoms with Gasteiger partial charge in [-0.2, -0.15) is 5.10 Å². The molecule has 0 aliphatic carbocycles. The third-order valence-electron chi connectivity index (χ3n) is 3.30. The maximum atomic E-state index is 11.1. The lowest BCUT2D eigenvalue weighted by atomic mass is 9.98. The summed E-state index contributed by atoms with van der Waals surface area (Å²) in [5, 5.41) is 16.7. The monoisotopic (exact) mass is 246 g/mol. The number of pyridine rings is 1. The van der Waals surface area contributed by atoms with Crippen LogP contribution in [0.4, 0.5) is 0 Å². The van der Waals surface area contributed by atoms with Gasteiger partial charge in [-0.15, -0.1) is 0 Å². The van der Waals surface area contributed by atoms with Gasteiger partial charge in [-0.05, 0) is 38.1 Å². The molecule has 1 aliphatic heterocycles. The highest BCUT2D eigenvalue weighted by Gasteiger charge is 2.21. The molecule has 0 bridgehead atoms. The van der Waals surface area contributed by atoms with Gasteiger partial charge in [0.2, 0.25) is 0 Å². The van der Waals surface area contributed by atoms with Gasteiger partial charge >= 0.3 is 5.97 Å². The van der Waals surface area contributed by atoms with Gasteiger partial charge in [0.15, 0.2) is 17.2 Å². The Kier molecular flexibility index (Phi) is 2.71. The first-order valence-corrected chi connectivity index (χ1v) is 6.05. The minimum Gasteiger partial charge on any atom is -0.477 e. The van der Waals surface area contributed by atoms with Crippen molar-refractivity contribution in [2.24, 2.45) is 0 Å². The standard InChI is InChI=1S/C12H14N4O2/c17-12(18)9-2-1-3-10-14-11(15-16(9)10)8-4-6-13-7-5-8/h1-3,8,13H,4-7H2,(H,17,18). The second kappa shape index (κ2) is 4.38. The molecule has 0 spiro atoms. The van der Waals surface area contributed by atoms with E-state index in [9.17, 15) is 4.79 Å². The smallest absolute Gasteiger partial charge is 0.354 e. The minimum absolute atomic E-state index is 0.153. The Morgan fingerprint density at radius 1 is 1.39 bits per heavy atom. The van der Waals surface area contributed by atoms with E-state index in [0.717, 1.165) is 31.8 Å². The summed E-state index contributed by atoms with van der Waals surface area (Å²) in [4.78, 5) is 15.5. The first kappa shape index (κ1) is 11.2. The lowest BCUT2D eigenvalue weighted by molar-refractivity contribution is 0.0687. The number of aromatic carboxylic acids is 1. The highest BCUT2D eigenvalue weighted by molar-refractivity contribution is 5.86. The molecule has 1 saturated heterocycles. The zero-order valence-corrected chi connectivity index (χ0v) is 9.83. The van der Waals surface area contributed by atoms with Gasteiger partial charge in [0.05, 0.1) is 0 Å². The molecular weight excluding hydrogens is 232 g/mol. The molecule has 1 fully saturated rings. The quantitative estimate of drug-likeness (QED) is 0.822. The molecule has 0 radical (unpaired) electrons. The van der Waals surface area contributed by atoms with Crippen molar-refractivity contribution in [1.29, 1.82) is 0 Å². The molecule has 3 heterocycles. The number of aromatic nitrogens is 3. The lowest BCUT2D eigenvalue weighted by Crippen LogP contribution is -2.27. The fourth-order valence-electron chi connectivity index (χ4n) is 2.34. The van der Waals surface area contributed by atoms with Gasteiger partial charge < -0.3 is 10.4 Å². The van der Waals surface area contributed by atoms with Gasteiger partial charge in [-0.25, -0.2) is 14.3 Å². The third kappa shape index (κ3) is 1.84. The molecule has 1 aliphatic rings. The van der Waals surface area contributed by atoms with E-state index in [1.807, 2.05) is 0 Å². The Bertz CT molecular complexity index is 587. The van der Waals surface area contributed by atoms with Gasteiger partial charge in [0.1, 0.15) is 0 Å². The van der Waals surface area contributed by atoms with Crippen LogP contribution in [-0.2, 0) is 0 Å². The number of hydrogen-bond acceptors (Lipinski definition) is 4. The fraction of sp³-hybridized carbons (Fsp3) is 0.417. The lowest BCUT2D eigenvalue weighted by Gasteiger charge is -2.19. The normalized spacial score (nSPS) is 17.1. The number of nitrogens with zero attached hydrogens (tertiary/aromatic N) is 3. The molecule has 2 N–H and O–H groups in total. The largest absolute Gasteiger partial charge is 0.477 e. The van der Waals surface area contributed by atoms with Gasteiger partial charge in [-0.1, -0.05) is 6.07 Å². The van der Waals surface area contributed by atoms with Gasteiger partial charge in [-0.3, -0.25) is 0 Å². The van der Waals surface area contributed by atoms with Crippen molar-refractivity contribution in [1.82, 2.24) is 19.9 Å². The highest BCUT2D eigenvalue weighted by Crippen LogP contribution is 2.22. The summed E-state index contributed by atoms with van der Waals surface area (Å²) in [7, 11) is 0. The highest BCUT2D eigenvalue weighted by atomic mass is 16.4. The van der Waals surface area contributed by atoms with Crippen molar-refractivity contribution < 1.29 is 9.90 Å². The van der Waals surface area contributed by atoms with E-state index in [2.05, 4.69) is 15.4 Å². The molecule has 6 heteroatoms. The van der Waals surface area contributed by atoms with E-state index in [1.54, 1.807) is 12.1 Å². The second-order valence-electron chi connectivity index (χ2n) is 4.48. The Labute approximate surface area is 104 Å². The summed E-state index contributed by atoms with van der Waals surface area (Å²) >= 11 is 0. The van der Waals surface area contributed by atoms with Crippen LogP contribution in [0.2, 0.25) is 0 Å². The minimum atomic E-state index is -0.984. The van der Waals surface area contributed by atoms with E-state index in [-0.39, 0.29) is 5.69 Å². The molecule has 3 rings (SSSR count). The number of nitrogens with one attached hydrogen (secondary N) is 1. The summed E-state index contributed by atoms with van der Waals surface area (Å²) in [6.45, 7) is 1.93. The van der Waals surface area contributed by atoms with Crippen molar-refractivity contribution in [3.8, 4) is 0 Å². The Morgan fingerprint density at radius 3 is 2.89 bits per heavy atom. The van der Waals surface area contributed by atoms with Crippen LogP contribution in [0, 0.1) is 0 Å². The number of rotatable bonds is 2. The van der Waals surface area contributed by atoms with E-state index in [4.69, 9.17) is 5.11 Å². The van der Waals surface area contributed by atoms with Crippen molar-refractivity contribution in [2.75, 3.05) is 13.1 Å². The molecule has 0 atom stereocenters. The number of carboxylic acid groups (broad SMARTS) is 1. The molecule has 0 saturated carbocycles. The molecule has 6 nitrogen and oxygen atoms in total. The van der Waals surface area contributed by atoms with Crippen LogP contribution in [0.15, 0.2) is 18.2 Å².